The number of carbonyl (C=O) groups is 1. The molecule has 13 heavy (non-hydrogen) atoms. The molecule has 0 fully saturated rings. The molecule has 0 radical (unpaired) electrons. The zero-order valence-corrected chi connectivity index (χ0v) is 9.33. The van der Waals surface area contributed by atoms with E-state index in [0.717, 1.165) is 14.9 Å². The van der Waals surface area contributed by atoms with Gasteiger partial charge in [-0.15, -0.1) is 0 Å². The number of hydrogen-bond acceptors (Lipinski definition) is 2. The zero-order valence-electron chi connectivity index (χ0n) is 7.17. The average molecular weight is 288 g/mol. The Labute approximate surface area is 90.3 Å². The van der Waals surface area contributed by atoms with Crippen molar-refractivity contribution in [1.82, 2.24) is 0 Å². The van der Waals surface area contributed by atoms with Crippen molar-refractivity contribution in [2.24, 2.45) is 0 Å². The molecule has 0 saturated heterocycles. The largest absolute Gasteiger partial charge is 0.364 e. The summed E-state index contributed by atoms with van der Waals surface area (Å²) in [5.74, 6) is 0.0547. The first-order valence-electron chi connectivity index (χ1n) is 3.98. The third-order valence-electron chi connectivity index (χ3n) is 2.05. The standard InChI is InChI=1S/C9H9IN2O/c1-12-5-8(13)11-9-6(10)3-2-4-7(9)12/h2-4H,5H2,1H3,(H,11,13). The van der Waals surface area contributed by atoms with Gasteiger partial charge >= 0.3 is 0 Å². The van der Waals surface area contributed by atoms with Crippen LogP contribution < -0.4 is 10.2 Å². The topological polar surface area (TPSA) is 32.3 Å². The van der Waals surface area contributed by atoms with Crippen LogP contribution in [0.3, 0.4) is 0 Å². The molecule has 4 heteroatoms. The maximum Gasteiger partial charge on any atom is 0.243 e. The van der Waals surface area contributed by atoms with Gasteiger partial charge in [-0.05, 0) is 34.7 Å². The Morgan fingerprint density at radius 3 is 3.08 bits per heavy atom. The van der Waals surface area contributed by atoms with Gasteiger partial charge in [0.05, 0.1) is 17.9 Å². The van der Waals surface area contributed by atoms with Crippen LogP contribution >= 0.6 is 22.6 Å². The number of rotatable bonds is 0. The normalized spacial score (nSPS) is 15.2. The van der Waals surface area contributed by atoms with Crippen molar-refractivity contribution < 1.29 is 4.79 Å². The lowest BCUT2D eigenvalue weighted by Gasteiger charge is -2.27. The molecule has 0 aliphatic carbocycles. The number of anilines is 2. The molecule has 0 unspecified atom stereocenters. The molecule has 1 aromatic carbocycles. The number of nitrogens with zero attached hydrogens (tertiary/aromatic N) is 1. The quantitative estimate of drug-likeness (QED) is 0.737. The van der Waals surface area contributed by atoms with Gasteiger partial charge in [0, 0.05) is 10.6 Å². The van der Waals surface area contributed by atoms with Crippen LogP contribution in [-0.4, -0.2) is 19.5 Å². The van der Waals surface area contributed by atoms with Crippen molar-refractivity contribution in [3.63, 3.8) is 0 Å². The van der Waals surface area contributed by atoms with Gasteiger partial charge in [-0.3, -0.25) is 4.79 Å². The fourth-order valence-electron chi connectivity index (χ4n) is 1.43. The predicted molar refractivity (Wildman–Crippen MR) is 61.1 cm³/mol. The van der Waals surface area contributed by atoms with Crippen LogP contribution in [0.1, 0.15) is 0 Å². The number of nitrogens with one attached hydrogen (secondary N) is 1. The monoisotopic (exact) mass is 288 g/mol. The second-order valence-corrected chi connectivity index (χ2v) is 4.20. The second kappa shape index (κ2) is 3.17. The number of likely N-dealkylation sites (N-methyl/N-ethyl adjacent to an activating group) is 1. The van der Waals surface area contributed by atoms with E-state index in [1.165, 1.54) is 0 Å². The Balaban J connectivity index is 2.54. The minimum Gasteiger partial charge on any atom is -0.364 e. The highest BCUT2D eigenvalue weighted by molar-refractivity contribution is 14.1. The van der Waals surface area contributed by atoms with E-state index in [0.29, 0.717) is 6.54 Å². The van der Waals surface area contributed by atoms with Crippen molar-refractivity contribution in [2.45, 2.75) is 0 Å². The summed E-state index contributed by atoms with van der Waals surface area (Å²) >= 11 is 2.22. The van der Waals surface area contributed by atoms with Gasteiger partial charge in [-0.2, -0.15) is 0 Å². The molecule has 3 nitrogen and oxygen atoms in total. The van der Waals surface area contributed by atoms with E-state index in [9.17, 15) is 4.79 Å². The van der Waals surface area contributed by atoms with Crippen molar-refractivity contribution in [3.8, 4) is 0 Å². The molecule has 68 valence electrons. The first kappa shape index (κ1) is 8.80. The van der Waals surface area contributed by atoms with E-state index in [1.807, 2.05) is 30.1 Å². The Bertz CT molecular complexity index is 365. The summed E-state index contributed by atoms with van der Waals surface area (Å²) in [6.45, 7) is 0.438. The van der Waals surface area contributed by atoms with Crippen LogP contribution in [0, 0.1) is 3.57 Å². The molecule has 1 aromatic rings. The van der Waals surface area contributed by atoms with Gasteiger partial charge in [0.25, 0.3) is 0 Å². The highest BCUT2D eigenvalue weighted by atomic mass is 127. The lowest BCUT2D eigenvalue weighted by molar-refractivity contribution is -0.115. The summed E-state index contributed by atoms with van der Waals surface area (Å²) in [5, 5.41) is 2.87. The van der Waals surface area contributed by atoms with Gasteiger partial charge in [0.2, 0.25) is 5.91 Å². The lowest BCUT2D eigenvalue weighted by atomic mass is 10.2. The van der Waals surface area contributed by atoms with E-state index in [4.69, 9.17) is 0 Å². The molecule has 0 atom stereocenters. The third-order valence-corrected chi connectivity index (χ3v) is 2.95. The summed E-state index contributed by atoms with van der Waals surface area (Å²) < 4.78 is 1.08. The van der Waals surface area contributed by atoms with Crippen molar-refractivity contribution >= 4 is 39.9 Å². The van der Waals surface area contributed by atoms with E-state index >= 15 is 0 Å². The Morgan fingerprint density at radius 1 is 1.54 bits per heavy atom. The number of fused-ring (bicyclic) bond motifs is 1. The molecule has 1 aliphatic heterocycles. The molecule has 0 spiro atoms. The van der Waals surface area contributed by atoms with E-state index in [1.54, 1.807) is 0 Å². The van der Waals surface area contributed by atoms with Crippen LogP contribution in [0.15, 0.2) is 18.2 Å². The molecule has 1 N–H and O–H groups in total. The molecular formula is C9H9IN2O. The summed E-state index contributed by atoms with van der Waals surface area (Å²) in [6, 6.07) is 5.99. The van der Waals surface area contributed by atoms with Gasteiger partial charge in [0.1, 0.15) is 0 Å². The minimum absolute atomic E-state index is 0.0547. The molecule has 1 aliphatic rings. The highest BCUT2D eigenvalue weighted by Crippen LogP contribution is 2.32. The second-order valence-electron chi connectivity index (χ2n) is 3.04. The van der Waals surface area contributed by atoms with Crippen LogP contribution in [-0.2, 0) is 4.79 Å². The molecular weight excluding hydrogens is 279 g/mol. The number of hydrogen-bond donors (Lipinski definition) is 1. The number of carbonyl (C=O) groups excluding carboxylic acids is 1. The Morgan fingerprint density at radius 2 is 2.31 bits per heavy atom. The number of amides is 1. The van der Waals surface area contributed by atoms with Crippen molar-refractivity contribution in [2.75, 3.05) is 23.8 Å². The minimum atomic E-state index is 0.0547. The number of para-hydroxylation sites is 1. The fraction of sp³-hybridized carbons (Fsp3) is 0.222. The Kier molecular flexibility index (Phi) is 2.15. The zero-order chi connectivity index (χ0) is 9.42. The van der Waals surface area contributed by atoms with E-state index in [2.05, 4.69) is 27.9 Å². The lowest BCUT2D eigenvalue weighted by Crippen LogP contribution is -2.35. The number of halogens is 1. The summed E-state index contributed by atoms with van der Waals surface area (Å²) in [7, 11) is 1.92. The fourth-order valence-corrected chi connectivity index (χ4v) is 2.05. The van der Waals surface area contributed by atoms with Crippen LogP contribution in [0.25, 0.3) is 0 Å². The highest BCUT2D eigenvalue weighted by Gasteiger charge is 2.20. The van der Waals surface area contributed by atoms with Crippen LogP contribution in [0.2, 0.25) is 0 Å². The van der Waals surface area contributed by atoms with Crippen molar-refractivity contribution in [1.29, 1.82) is 0 Å². The predicted octanol–water partition coefficient (Wildman–Crippen LogP) is 1.68. The number of benzene rings is 1. The molecule has 0 saturated carbocycles. The van der Waals surface area contributed by atoms with E-state index < -0.39 is 0 Å². The third kappa shape index (κ3) is 1.50. The van der Waals surface area contributed by atoms with Gasteiger partial charge in [-0.25, -0.2) is 0 Å². The first-order valence-corrected chi connectivity index (χ1v) is 5.06. The van der Waals surface area contributed by atoms with Crippen LogP contribution in [0.4, 0.5) is 11.4 Å². The maximum atomic E-state index is 11.2. The van der Waals surface area contributed by atoms with Crippen LogP contribution in [0.5, 0.6) is 0 Å². The van der Waals surface area contributed by atoms with Gasteiger partial charge in [-0.1, -0.05) is 6.07 Å². The summed E-state index contributed by atoms with van der Waals surface area (Å²) in [4.78, 5) is 13.2. The maximum absolute atomic E-state index is 11.2. The molecule has 0 aromatic heterocycles. The molecule has 2 rings (SSSR count). The smallest absolute Gasteiger partial charge is 0.243 e. The summed E-state index contributed by atoms with van der Waals surface area (Å²) in [6.07, 6.45) is 0. The first-order chi connectivity index (χ1) is 6.18. The van der Waals surface area contributed by atoms with E-state index in [-0.39, 0.29) is 5.91 Å². The van der Waals surface area contributed by atoms with Gasteiger partial charge in [0.15, 0.2) is 0 Å². The van der Waals surface area contributed by atoms with Crippen molar-refractivity contribution in [3.05, 3.63) is 21.8 Å². The molecule has 1 amide bonds. The average Bonchev–Trinajstić information content (AvgIpc) is 2.07. The molecule has 1 heterocycles. The summed E-state index contributed by atoms with van der Waals surface area (Å²) in [5.41, 5.74) is 2.02. The SMILES string of the molecule is CN1CC(=O)Nc2c(I)cccc21. The Hall–Kier alpha value is -0.780. The molecule has 0 bridgehead atoms. The van der Waals surface area contributed by atoms with Gasteiger partial charge < -0.3 is 10.2 Å².